The Morgan fingerprint density at radius 3 is 2.45 bits per heavy atom. The lowest BCUT2D eigenvalue weighted by Crippen LogP contribution is -2.28. The van der Waals surface area contributed by atoms with Gasteiger partial charge in [0.05, 0.1) is 13.0 Å². The minimum atomic E-state index is 0.0259. The van der Waals surface area contributed by atoms with Crippen molar-refractivity contribution in [3.8, 4) is 0 Å². The molecule has 1 amide bonds. The minimum absolute atomic E-state index is 0.0259. The van der Waals surface area contributed by atoms with Gasteiger partial charge in [-0.2, -0.15) is 0 Å². The molecule has 0 aliphatic carbocycles. The highest BCUT2D eigenvalue weighted by Gasteiger charge is 2.03. The summed E-state index contributed by atoms with van der Waals surface area (Å²) in [6, 6.07) is 7.80. The summed E-state index contributed by atoms with van der Waals surface area (Å²) < 4.78 is 5.45. The number of amides is 1. The summed E-state index contributed by atoms with van der Waals surface area (Å²) in [6.45, 7) is 6.76. The topological polar surface area (TPSA) is 64.3 Å². The predicted molar refractivity (Wildman–Crippen MR) is 81.3 cm³/mol. The van der Waals surface area contributed by atoms with Crippen LogP contribution in [0.15, 0.2) is 24.3 Å². The van der Waals surface area contributed by atoms with Crippen molar-refractivity contribution in [1.82, 2.24) is 5.32 Å². The number of ether oxygens (including phenoxy) is 1. The van der Waals surface area contributed by atoms with Gasteiger partial charge in [0.25, 0.3) is 0 Å². The van der Waals surface area contributed by atoms with Crippen LogP contribution in [0, 0.1) is 5.92 Å². The predicted octanol–water partition coefficient (Wildman–Crippen LogP) is 1.87. The third kappa shape index (κ3) is 7.26. The molecular formula is C16H26N2O2. The quantitative estimate of drug-likeness (QED) is 0.678. The standard InChI is InChI=1S/C16H26N2O2/c1-13(2)7-9-20-10-8-18-16(19)11-14-3-5-15(12-17)6-4-14/h3-6,13H,7-12,17H2,1-2H3,(H,18,19). The van der Waals surface area contributed by atoms with Crippen LogP contribution in [0.5, 0.6) is 0 Å². The number of hydrogen-bond acceptors (Lipinski definition) is 3. The fourth-order valence-corrected chi connectivity index (χ4v) is 1.72. The highest BCUT2D eigenvalue weighted by atomic mass is 16.5. The van der Waals surface area contributed by atoms with Gasteiger partial charge in [0.1, 0.15) is 0 Å². The van der Waals surface area contributed by atoms with Gasteiger partial charge in [0.15, 0.2) is 0 Å². The van der Waals surface area contributed by atoms with E-state index in [-0.39, 0.29) is 5.91 Å². The highest BCUT2D eigenvalue weighted by Crippen LogP contribution is 2.04. The molecule has 112 valence electrons. The first-order valence-electron chi connectivity index (χ1n) is 7.24. The molecule has 0 aliphatic rings. The van der Waals surface area contributed by atoms with E-state index in [9.17, 15) is 4.79 Å². The summed E-state index contributed by atoms with van der Waals surface area (Å²) in [6.07, 6.45) is 1.46. The Morgan fingerprint density at radius 1 is 1.20 bits per heavy atom. The molecule has 4 heteroatoms. The average molecular weight is 278 g/mol. The Hall–Kier alpha value is -1.39. The van der Waals surface area contributed by atoms with E-state index in [0.717, 1.165) is 24.2 Å². The van der Waals surface area contributed by atoms with Crippen LogP contribution in [0.2, 0.25) is 0 Å². The van der Waals surface area contributed by atoms with Gasteiger partial charge in [-0.3, -0.25) is 4.79 Å². The molecule has 20 heavy (non-hydrogen) atoms. The molecule has 0 bridgehead atoms. The van der Waals surface area contributed by atoms with Gasteiger partial charge in [-0.25, -0.2) is 0 Å². The maximum Gasteiger partial charge on any atom is 0.224 e. The molecule has 0 aromatic heterocycles. The second kappa shape index (κ2) is 9.50. The van der Waals surface area contributed by atoms with Crippen molar-refractivity contribution in [2.24, 2.45) is 11.7 Å². The van der Waals surface area contributed by atoms with Gasteiger partial charge in [-0.1, -0.05) is 38.1 Å². The van der Waals surface area contributed by atoms with Crippen molar-refractivity contribution in [2.45, 2.75) is 33.2 Å². The first-order valence-corrected chi connectivity index (χ1v) is 7.24. The second-order valence-corrected chi connectivity index (χ2v) is 5.34. The molecule has 1 aromatic rings. The molecule has 0 atom stereocenters. The van der Waals surface area contributed by atoms with Crippen molar-refractivity contribution >= 4 is 5.91 Å². The van der Waals surface area contributed by atoms with E-state index in [2.05, 4.69) is 19.2 Å². The third-order valence-corrected chi connectivity index (χ3v) is 3.03. The molecule has 0 saturated heterocycles. The number of nitrogens with one attached hydrogen (secondary N) is 1. The lowest BCUT2D eigenvalue weighted by molar-refractivity contribution is -0.120. The Balaban J connectivity index is 2.13. The molecule has 0 spiro atoms. The zero-order valence-corrected chi connectivity index (χ0v) is 12.5. The van der Waals surface area contributed by atoms with Crippen LogP contribution in [0.25, 0.3) is 0 Å². The Bertz CT molecular complexity index is 388. The third-order valence-electron chi connectivity index (χ3n) is 3.03. The minimum Gasteiger partial charge on any atom is -0.380 e. The maximum atomic E-state index is 11.7. The normalized spacial score (nSPS) is 10.8. The average Bonchev–Trinajstić information content (AvgIpc) is 2.43. The van der Waals surface area contributed by atoms with E-state index in [4.69, 9.17) is 10.5 Å². The molecule has 0 unspecified atom stereocenters. The van der Waals surface area contributed by atoms with Gasteiger partial charge < -0.3 is 15.8 Å². The monoisotopic (exact) mass is 278 g/mol. The fraction of sp³-hybridized carbons (Fsp3) is 0.562. The van der Waals surface area contributed by atoms with Crippen LogP contribution in [-0.2, 0) is 22.5 Å². The molecule has 4 nitrogen and oxygen atoms in total. The summed E-state index contributed by atoms with van der Waals surface area (Å²) >= 11 is 0. The summed E-state index contributed by atoms with van der Waals surface area (Å²) in [5, 5.41) is 2.86. The SMILES string of the molecule is CC(C)CCOCCNC(=O)Cc1ccc(CN)cc1. The van der Waals surface area contributed by atoms with Gasteiger partial charge in [0, 0.05) is 19.7 Å². The summed E-state index contributed by atoms with van der Waals surface area (Å²) in [5.74, 6) is 0.680. The molecule has 0 saturated carbocycles. The van der Waals surface area contributed by atoms with Crippen molar-refractivity contribution in [1.29, 1.82) is 0 Å². The Morgan fingerprint density at radius 2 is 1.85 bits per heavy atom. The highest BCUT2D eigenvalue weighted by molar-refractivity contribution is 5.78. The summed E-state index contributed by atoms with van der Waals surface area (Å²) in [5.41, 5.74) is 7.61. The van der Waals surface area contributed by atoms with E-state index in [1.165, 1.54) is 0 Å². The molecule has 3 N–H and O–H groups in total. The van der Waals surface area contributed by atoms with Crippen LogP contribution in [0.3, 0.4) is 0 Å². The lowest BCUT2D eigenvalue weighted by atomic mass is 10.1. The number of hydrogen-bond donors (Lipinski definition) is 2. The Labute approximate surface area is 121 Å². The van der Waals surface area contributed by atoms with Crippen LogP contribution >= 0.6 is 0 Å². The van der Waals surface area contributed by atoms with Crippen molar-refractivity contribution in [2.75, 3.05) is 19.8 Å². The molecule has 1 aromatic carbocycles. The van der Waals surface area contributed by atoms with Crippen LogP contribution in [0.4, 0.5) is 0 Å². The zero-order valence-electron chi connectivity index (χ0n) is 12.5. The first kappa shape index (κ1) is 16.7. The summed E-state index contributed by atoms with van der Waals surface area (Å²) in [4.78, 5) is 11.7. The van der Waals surface area contributed by atoms with E-state index < -0.39 is 0 Å². The van der Waals surface area contributed by atoms with Crippen molar-refractivity contribution in [3.63, 3.8) is 0 Å². The molecule has 1 rings (SSSR count). The number of carbonyl (C=O) groups excluding carboxylic acids is 1. The largest absolute Gasteiger partial charge is 0.380 e. The van der Waals surface area contributed by atoms with Gasteiger partial charge in [0.2, 0.25) is 5.91 Å². The first-order chi connectivity index (χ1) is 9.61. The number of carbonyl (C=O) groups is 1. The molecular weight excluding hydrogens is 252 g/mol. The van der Waals surface area contributed by atoms with Crippen LogP contribution < -0.4 is 11.1 Å². The molecule has 0 fully saturated rings. The van der Waals surface area contributed by atoms with E-state index in [1.807, 2.05) is 24.3 Å². The number of nitrogens with two attached hydrogens (primary N) is 1. The molecule has 0 heterocycles. The van der Waals surface area contributed by atoms with Gasteiger partial charge in [-0.05, 0) is 23.5 Å². The van der Waals surface area contributed by atoms with Crippen molar-refractivity contribution in [3.05, 3.63) is 35.4 Å². The smallest absolute Gasteiger partial charge is 0.224 e. The van der Waals surface area contributed by atoms with E-state index in [0.29, 0.717) is 32.0 Å². The van der Waals surface area contributed by atoms with Gasteiger partial charge >= 0.3 is 0 Å². The Kier molecular flexibility index (Phi) is 7.92. The van der Waals surface area contributed by atoms with Gasteiger partial charge in [-0.15, -0.1) is 0 Å². The van der Waals surface area contributed by atoms with E-state index in [1.54, 1.807) is 0 Å². The zero-order chi connectivity index (χ0) is 14.8. The van der Waals surface area contributed by atoms with E-state index >= 15 is 0 Å². The molecule has 0 radical (unpaired) electrons. The maximum absolute atomic E-state index is 11.7. The summed E-state index contributed by atoms with van der Waals surface area (Å²) in [7, 11) is 0. The van der Waals surface area contributed by atoms with Crippen molar-refractivity contribution < 1.29 is 9.53 Å². The molecule has 0 aliphatic heterocycles. The van der Waals surface area contributed by atoms with Crippen LogP contribution in [0.1, 0.15) is 31.4 Å². The second-order valence-electron chi connectivity index (χ2n) is 5.34. The number of benzene rings is 1. The fourth-order valence-electron chi connectivity index (χ4n) is 1.72. The number of rotatable bonds is 9. The lowest BCUT2D eigenvalue weighted by Gasteiger charge is -2.08. The van der Waals surface area contributed by atoms with Crippen LogP contribution in [-0.4, -0.2) is 25.7 Å².